The van der Waals surface area contributed by atoms with Gasteiger partial charge in [0.15, 0.2) is 0 Å². The molecule has 0 amide bonds. The maximum absolute atomic E-state index is 5.58. The molecule has 86 valence electrons. The van der Waals surface area contributed by atoms with E-state index in [-0.39, 0.29) is 12.4 Å². The van der Waals surface area contributed by atoms with Crippen LogP contribution in [0.4, 0.5) is 0 Å². The minimum Gasteiger partial charge on any atom is -0.492 e. The van der Waals surface area contributed by atoms with Crippen molar-refractivity contribution in [1.82, 2.24) is 0 Å². The zero-order valence-electron chi connectivity index (χ0n) is 8.65. The average Bonchev–Trinajstić information content (AvgIpc) is 2.29. The Morgan fingerprint density at radius 1 is 1.06 bits per heavy atom. The molecule has 0 spiro atoms. The number of halogens is 2. The van der Waals surface area contributed by atoms with Gasteiger partial charge in [-0.3, -0.25) is 0 Å². The fraction of sp³-hybridized carbons (Fsp3) is 0.167. The number of hydrogen-bond donors (Lipinski definition) is 1. The molecule has 2 nitrogen and oxygen atoms in total. The summed E-state index contributed by atoms with van der Waals surface area (Å²) < 4.78 is 6.66. The molecular weight excluding hydrogens is 289 g/mol. The Bertz CT molecular complexity index is 476. The average molecular weight is 303 g/mol. The molecular formula is C12H13BrClNO. The number of ether oxygens (including phenoxy) is 1. The first-order valence-electron chi connectivity index (χ1n) is 4.83. The molecule has 0 saturated heterocycles. The minimum absolute atomic E-state index is 0. The van der Waals surface area contributed by atoms with E-state index in [1.54, 1.807) is 0 Å². The van der Waals surface area contributed by atoms with E-state index in [1.807, 2.05) is 30.3 Å². The van der Waals surface area contributed by atoms with Gasteiger partial charge in [-0.1, -0.05) is 40.2 Å². The molecule has 0 atom stereocenters. The van der Waals surface area contributed by atoms with Crippen LogP contribution in [0.2, 0.25) is 0 Å². The van der Waals surface area contributed by atoms with Crippen LogP contribution in [0.25, 0.3) is 10.8 Å². The topological polar surface area (TPSA) is 35.2 Å². The van der Waals surface area contributed by atoms with E-state index in [9.17, 15) is 0 Å². The highest BCUT2D eigenvalue weighted by molar-refractivity contribution is 9.10. The maximum atomic E-state index is 5.58. The van der Waals surface area contributed by atoms with Crippen LogP contribution in [0, 0.1) is 0 Å². The quantitative estimate of drug-likeness (QED) is 0.943. The normalized spacial score (nSPS) is 9.88. The Morgan fingerprint density at radius 2 is 1.75 bits per heavy atom. The smallest absolute Gasteiger partial charge is 0.127 e. The second-order valence-corrected chi connectivity index (χ2v) is 4.08. The fourth-order valence-corrected chi connectivity index (χ4v) is 2.01. The molecule has 2 rings (SSSR count). The number of fused-ring (bicyclic) bond motifs is 1. The number of rotatable bonds is 3. The van der Waals surface area contributed by atoms with Crippen molar-refractivity contribution in [2.45, 2.75) is 0 Å². The third kappa shape index (κ3) is 2.67. The first-order valence-corrected chi connectivity index (χ1v) is 5.62. The Labute approximate surface area is 109 Å². The van der Waals surface area contributed by atoms with Crippen molar-refractivity contribution in [3.8, 4) is 5.75 Å². The molecule has 0 aliphatic carbocycles. The molecule has 0 aromatic heterocycles. The number of hydrogen-bond acceptors (Lipinski definition) is 2. The molecule has 0 bridgehead atoms. The molecule has 0 aliphatic rings. The first-order chi connectivity index (χ1) is 7.33. The Hall–Kier alpha value is -0.770. The van der Waals surface area contributed by atoms with Gasteiger partial charge in [0, 0.05) is 16.4 Å². The molecule has 2 N–H and O–H groups in total. The van der Waals surface area contributed by atoms with Gasteiger partial charge < -0.3 is 10.5 Å². The second kappa shape index (κ2) is 6.09. The third-order valence-corrected chi connectivity index (χ3v) is 2.90. The van der Waals surface area contributed by atoms with E-state index < -0.39 is 0 Å². The molecule has 2 aromatic rings. The standard InChI is InChI=1S/C12H12BrNO.ClH/c13-11-5-6-12(15-8-7-14)10-4-2-1-3-9(10)11;/h1-6H,7-8,14H2;1H. The van der Waals surface area contributed by atoms with E-state index in [4.69, 9.17) is 10.5 Å². The van der Waals surface area contributed by atoms with E-state index in [0.29, 0.717) is 13.2 Å². The SMILES string of the molecule is Cl.NCCOc1ccc(Br)c2ccccc12. The Balaban J connectivity index is 0.00000128. The zero-order valence-corrected chi connectivity index (χ0v) is 11.1. The number of nitrogens with two attached hydrogens (primary N) is 1. The van der Waals surface area contributed by atoms with Gasteiger partial charge in [-0.15, -0.1) is 12.4 Å². The lowest BCUT2D eigenvalue weighted by atomic mass is 10.1. The molecule has 4 heteroatoms. The van der Waals surface area contributed by atoms with Crippen LogP contribution < -0.4 is 10.5 Å². The summed E-state index contributed by atoms with van der Waals surface area (Å²) in [5.74, 6) is 0.888. The van der Waals surface area contributed by atoms with E-state index >= 15 is 0 Å². The van der Waals surface area contributed by atoms with Crippen LogP contribution in [-0.4, -0.2) is 13.2 Å². The molecule has 0 radical (unpaired) electrons. The minimum atomic E-state index is 0. The highest BCUT2D eigenvalue weighted by atomic mass is 79.9. The van der Waals surface area contributed by atoms with Gasteiger partial charge in [0.1, 0.15) is 12.4 Å². The highest BCUT2D eigenvalue weighted by Crippen LogP contribution is 2.31. The van der Waals surface area contributed by atoms with E-state index in [1.165, 1.54) is 0 Å². The highest BCUT2D eigenvalue weighted by Gasteiger charge is 2.03. The summed E-state index contributed by atoms with van der Waals surface area (Å²) in [7, 11) is 0. The lowest BCUT2D eigenvalue weighted by Crippen LogP contribution is -2.10. The summed E-state index contributed by atoms with van der Waals surface area (Å²) in [4.78, 5) is 0. The maximum Gasteiger partial charge on any atom is 0.127 e. The van der Waals surface area contributed by atoms with Gasteiger partial charge in [-0.25, -0.2) is 0 Å². The second-order valence-electron chi connectivity index (χ2n) is 3.23. The predicted molar refractivity (Wildman–Crippen MR) is 73.4 cm³/mol. The van der Waals surface area contributed by atoms with Crippen LogP contribution in [0.1, 0.15) is 0 Å². The van der Waals surface area contributed by atoms with Gasteiger partial charge >= 0.3 is 0 Å². The van der Waals surface area contributed by atoms with Gasteiger partial charge in [0.2, 0.25) is 0 Å². The summed E-state index contributed by atoms with van der Waals surface area (Å²) >= 11 is 3.52. The monoisotopic (exact) mass is 301 g/mol. The molecule has 0 unspecified atom stereocenters. The Kier molecular flexibility index (Phi) is 5.06. The van der Waals surface area contributed by atoms with Crippen molar-refractivity contribution < 1.29 is 4.74 Å². The summed E-state index contributed by atoms with van der Waals surface area (Å²) in [6.45, 7) is 1.08. The van der Waals surface area contributed by atoms with Crippen LogP contribution in [0.3, 0.4) is 0 Å². The van der Waals surface area contributed by atoms with Crippen LogP contribution >= 0.6 is 28.3 Å². The van der Waals surface area contributed by atoms with Crippen molar-refractivity contribution in [2.24, 2.45) is 5.73 Å². The predicted octanol–water partition coefficient (Wildman–Crippen LogP) is 3.36. The van der Waals surface area contributed by atoms with Gasteiger partial charge in [-0.2, -0.15) is 0 Å². The molecule has 16 heavy (non-hydrogen) atoms. The van der Waals surface area contributed by atoms with Crippen molar-refractivity contribution >= 4 is 39.1 Å². The van der Waals surface area contributed by atoms with Crippen LogP contribution in [0.15, 0.2) is 40.9 Å². The van der Waals surface area contributed by atoms with Crippen LogP contribution in [0.5, 0.6) is 5.75 Å². The summed E-state index contributed by atoms with van der Waals surface area (Å²) in [5, 5.41) is 2.27. The molecule has 2 aromatic carbocycles. The van der Waals surface area contributed by atoms with Crippen molar-refractivity contribution in [2.75, 3.05) is 13.2 Å². The van der Waals surface area contributed by atoms with E-state index in [2.05, 4.69) is 22.0 Å². The fourth-order valence-electron chi connectivity index (χ4n) is 1.53. The van der Waals surface area contributed by atoms with Gasteiger partial charge in [-0.05, 0) is 17.5 Å². The van der Waals surface area contributed by atoms with Crippen molar-refractivity contribution in [1.29, 1.82) is 0 Å². The van der Waals surface area contributed by atoms with Crippen molar-refractivity contribution in [3.05, 3.63) is 40.9 Å². The van der Waals surface area contributed by atoms with E-state index in [0.717, 1.165) is 21.0 Å². The van der Waals surface area contributed by atoms with Crippen LogP contribution in [-0.2, 0) is 0 Å². The zero-order chi connectivity index (χ0) is 10.7. The van der Waals surface area contributed by atoms with Gasteiger partial charge in [0.05, 0.1) is 0 Å². The number of benzene rings is 2. The molecule has 0 fully saturated rings. The first kappa shape index (κ1) is 13.3. The molecule has 0 heterocycles. The lowest BCUT2D eigenvalue weighted by Gasteiger charge is -2.09. The lowest BCUT2D eigenvalue weighted by molar-refractivity contribution is 0.332. The van der Waals surface area contributed by atoms with Crippen molar-refractivity contribution in [3.63, 3.8) is 0 Å². The summed E-state index contributed by atoms with van der Waals surface area (Å²) in [6.07, 6.45) is 0. The largest absolute Gasteiger partial charge is 0.492 e. The molecule has 0 aliphatic heterocycles. The summed E-state index contributed by atoms with van der Waals surface area (Å²) in [6, 6.07) is 12.1. The molecule has 0 saturated carbocycles. The third-order valence-electron chi connectivity index (χ3n) is 2.21. The summed E-state index contributed by atoms with van der Waals surface area (Å²) in [5.41, 5.74) is 5.42. The Morgan fingerprint density at radius 3 is 2.44 bits per heavy atom. The van der Waals surface area contributed by atoms with Gasteiger partial charge in [0.25, 0.3) is 0 Å².